The van der Waals surface area contributed by atoms with Crippen LogP contribution < -0.4 is 5.32 Å². The third kappa shape index (κ3) is 4.02. The molecular formula is C18H23NO. The molecule has 2 aromatic carbocycles. The van der Waals surface area contributed by atoms with Gasteiger partial charge in [0.25, 0.3) is 0 Å². The first-order valence-electron chi connectivity index (χ1n) is 7.31. The highest BCUT2D eigenvalue weighted by Gasteiger charge is 2.06. The van der Waals surface area contributed by atoms with E-state index in [1.165, 1.54) is 16.8 Å². The molecule has 0 saturated carbocycles. The highest BCUT2D eigenvalue weighted by atomic mass is 16.3. The lowest BCUT2D eigenvalue weighted by Crippen LogP contribution is -2.19. The molecule has 2 aromatic rings. The molecule has 2 nitrogen and oxygen atoms in total. The molecule has 0 aliphatic carbocycles. The van der Waals surface area contributed by atoms with Crippen molar-refractivity contribution in [3.63, 3.8) is 0 Å². The van der Waals surface area contributed by atoms with Crippen molar-refractivity contribution in [1.29, 1.82) is 0 Å². The van der Waals surface area contributed by atoms with Crippen LogP contribution >= 0.6 is 0 Å². The summed E-state index contributed by atoms with van der Waals surface area (Å²) in [6, 6.07) is 16.3. The molecule has 0 saturated heterocycles. The number of phenolic OH excluding ortho intramolecular Hbond substituents is 1. The Balaban J connectivity index is 2.00. The summed E-state index contributed by atoms with van der Waals surface area (Å²) in [7, 11) is 0. The molecule has 0 heterocycles. The first kappa shape index (κ1) is 14.4. The lowest BCUT2D eigenvalue weighted by Gasteiger charge is -2.18. The quantitative estimate of drug-likeness (QED) is 0.815. The average molecular weight is 269 g/mol. The Labute approximate surface area is 121 Å². The third-order valence-corrected chi connectivity index (χ3v) is 3.42. The van der Waals surface area contributed by atoms with Gasteiger partial charge in [-0.05, 0) is 49.1 Å². The number of phenols is 1. The number of benzene rings is 2. The molecule has 0 amide bonds. The van der Waals surface area contributed by atoms with Gasteiger partial charge in [0.2, 0.25) is 0 Å². The van der Waals surface area contributed by atoms with Crippen molar-refractivity contribution in [2.24, 2.45) is 0 Å². The van der Waals surface area contributed by atoms with Gasteiger partial charge in [-0.1, -0.05) is 43.7 Å². The number of aryl methyl sites for hydroxylation is 1. The van der Waals surface area contributed by atoms with E-state index in [2.05, 4.69) is 43.4 Å². The van der Waals surface area contributed by atoms with Crippen LogP contribution in [0.2, 0.25) is 0 Å². The second kappa shape index (κ2) is 6.99. The Morgan fingerprint density at radius 1 is 1.05 bits per heavy atom. The average Bonchev–Trinajstić information content (AvgIpc) is 2.44. The van der Waals surface area contributed by atoms with Gasteiger partial charge in [0, 0.05) is 11.7 Å². The Kier molecular flexibility index (Phi) is 5.05. The Morgan fingerprint density at radius 2 is 1.75 bits per heavy atom. The fraction of sp³-hybridized carbons (Fsp3) is 0.333. The van der Waals surface area contributed by atoms with E-state index < -0.39 is 0 Å². The van der Waals surface area contributed by atoms with E-state index in [0.29, 0.717) is 11.8 Å². The van der Waals surface area contributed by atoms with Crippen molar-refractivity contribution in [3.8, 4) is 5.75 Å². The molecule has 0 aliphatic rings. The van der Waals surface area contributed by atoms with Crippen molar-refractivity contribution >= 4 is 5.69 Å². The summed E-state index contributed by atoms with van der Waals surface area (Å²) in [4.78, 5) is 0. The van der Waals surface area contributed by atoms with Gasteiger partial charge in [0.1, 0.15) is 5.75 Å². The van der Waals surface area contributed by atoms with Crippen LogP contribution in [0.1, 0.15) is 31.4 Å². The fourth-order valence-corrected chi connectivity index (χ4v) is 2.45. The number of rotatable bonds is 6. The maximum atomic E-state index is 9.31. The van der Waals surface area contributed by atoms with Crippen LogP contribution in [0.5, 0.6) is 5.75 Å². The Hall–Kier alpha value is -1.96. The molecule has 0 aliphatic heterocycles. The Bertz CT molecular complexity index is 533. The molecule has 0 radical (unpaired) electrons. The number of nitrogens with one attached hydrogen (secondary N) is 1. The second-order valence-electron chi connectivity index (χ2n) is 5.32. The first-order chi connectivity index (χ1) is 9.69. The molecule has 0 aromatic heterocycles. The highest BCUT2D eigenvalue weighted by Crippen LogP contribution is 2.19. The number of anilines is 1. The molecule has 2 rings (SSSR count). The van der Waals surface area contributed by atoms with Gasteiger partial charge in [-0.15, -0.1) is 0 Å². The molecule has 2 N–H and O–H groups in total. The van der Waals surface area contributed by atoms with E-state index in [4.69, 9.17) is 0 Å². The minimum Gasteiger partial charge on any atom is -0.508 e. The summed E-state index contributed by atoms with van der Waals surface area (Å²) in [6.07, 6.45) is 3.21. The number of hydrogen-bond acceptors (Lipinski definition) is 2. The van der Waals surface area contributed by atoms with Crippen LogP contribution in [0, 0.1) is 0 Å². The molecule has 0 spiro atoms. The van der Waals surface area contributed by atoms with Gasteiger partial charge < -0.3 is 10.4 Å². The third-order valence-electron chi connectivity index (χ3n) is 3.42. The van der Waals surface area contributed by atoms with E-state index in [9.17, 15) is 5.11 Å². The van der Waals surface area contributed by atoms with Crippen LogP contribution in [-0.4, -0.2) is 11.1 Å². The smallest absolute Gasteiger partial charge is 0.115 e. The summed E-state index contributed by atoms with van der Waals surface area (Å²) >= 11 is 0. The predicted molar refractivity (Wildman–Crippen MR) is 85.3 cm³/mol. The van der Waals surface area contributed by atoms with Crippen LogP contribution in [0.3, 0.4) is 0 Å². The number of aromatic hydroxyl groups is 1. The van der Waals surface area contributed by atoms with E-state index in [1.54, 1.807) is 12.1 Å². The van der Waals surface area contributed by atoms with Gasteiger partial charge >= 0.3 is 0 Å². The lowest BCUT2D eigenvalue weighted by atomic mass is 10.0. The monoisotopic (exact) mass is 269 g/mol. The van der Waals surface area contributed by atoms with Crippen molar-refractivity contribution in [3.05, 3.63) is 59.7 Å². The minimum absolute atomic E-state index is 0.322. The van der Waals surface area contributed by atoms with Crippen molar-refractivity contribution in [2.75, 3.05) is 5.32 Å². The number of para-hydroxylation sites is 1. The van der Waals surface area contributed by atoms with Gasteiger partial charge in [-0.2, -0.15) is 0 Å². The molecule has 2 heteroatoms. The molecule has 106 valence electrons. The zero-order valence-corrected chi connectivity index (χ0v) is 12.3. The largest absolute Gasteiger partial charge is 0.508 e. The van der Waals surface area contributed by atoms with Crippen molar-refractivity contribution in [1.82, 2.24) is 0 Å². The molecular weight excluding hydrogens is 246 g/mol. The zero-order chi connectivity index (χ0) is 14.4. The van der Waals surface area contributed by atoms with Gasteiger partial charge in [0.15, 0.2) is 0 Å². The van der Waals surface area contributed by atoms with Crippen molar-refractivity contribution < 1.29 is 5.11 Å². The topological polar surface area (TPSA) is 32.3 Å². The van der Waals surface area contributed by atoms with Gasteiger partial charge in [0.05, 0.1) is 0 Å². The van der Waals surface area contributed by atoms with E-state index in [0.717, 1.165) is 19.3 Å². The van der Waals surface area contributed by atoms with E-state index in [-0.39, 0.29) is 0 Å². The van der Waals surface area contributed by atoms with Crippen molar-refractivity contribution in [2.45, 2.75) is 39.2 Å². The molecule has 0 bridgehead atoms. The Morgan fingerprint density at radius 3 is 2.45 bits per heavy atom. The molecule has 1 atom stereocenters. The minimum atomic E-state index is 0.322. The molecule has 1 unspecified atom stereocenters. The second-order valence-corrected chi connectivity index (χ2v) is 5.32. The normalized spacial score (nSPS) is 12.1. The fourth-order valence-electron chi connectivity index (χ4n) is 2.45. The lowest BCUT2D eigenvalue weighted by molar-refractivity contribution is 0.475. The zero-order valence-electron chi connectivity index (χ0n) is 12.3. The maximum absolute atomic E-state index is 9.31. The summed E-state index contributed by atoms with van der Waals surface area (Å²) in [5.74, 6) is 0.322. The van der Waals surface area contributed by atoms with E-state index in [1.807, 2.05) is 12.1 Å². The van der Waals surface area contributed by atoms with Crippen LogP contribution in [0.25, 0.3) is 0 Å². The SMILES string of the molecule is CCCc1ccccc1NC(C)Cc1ccc(O)cc1. The van der Waals surface area contributed by atoms with Crippen LogP contribution in [0.4, 0.5) is 5.69 Å². The number of hydrogen-bond donors (Lipinski definition) is 2. The summed E-state index contributed by atoms with van der Waals surface area (Å²) in [6.45, 7) is 4.40. The molecule has 20 heavy (non-hydrogen) atoms. The van der Waals surface area contributed by atoms with Crippen LogP contribution in [-0.2, 0) is 12.8 Å². The standard InChI is InChI=1S/C18H23NO/c1-3-6-16-7-4-5-8-18(16)19-14(2)13-15-9-11-17(20)12-10-15/h4-5,7-12,14,19-20H,3,6,13H2,1-2H3. The summed E-state index contributed by atoms with van der Waals surface area (Å²) < 4.78 is 0. The maximum Gasteiger partial charge on any atom is 0.115 e. The highest BCUT2D eigenvalue weighted by molar-refractivity contribution is 5.52. The van der Waals surface area contributed by atoms with Gasteiger partial charge in [-0.3, -0.25) is 0 Å². The summed E-state index contributed by atoms with van der Waals surface area (Å²) in [5.41, 5.74) is 3.85. The first-order valence-corrected chi connectivity index (χ1v) is 7.31. The van der Waals surface area contributed by atoms with E-state index >= 15 is 0 Å². The van der Waals surface area contributed by atoms with Gasteiger partial charge in [-0.25, -0.2) is 0 Å². The molecule has 0 fully saturated rings. The van der Waals surface area contributed by atoms with Crippen LogP contribution in [0.15, 0.2) is 48.5 Å². The summed E-state index contributed by atoms with van der Waals surface area (Å²) in [5, 5.41) is 12.9. The predicted octanol–water partition coefficient (Wildman–Crippen LogP) is 4.39.